The predicted molar refractivity (Wildman–Crippen MR) is 106 cm³/mol. The number of hydrogen-bond acceptors (Lipinski definition) is 6. The highest BCUT2D eigenvalue weighted by atomic mass is 32.1. The first kappa shape index (κ1) is 17.3. The van der Waals surface area contributed by atoms with Crippen LogP contribution in [0.2, 0.25) is 0 Å². The standard InChI is InChI=1S/C19H17N3O4S/c1-20(11-13-12-27-18-5-3-2-4-15(13)18)16-7-6-14(22(24)25)10-17(16)21-8-9-26-19(21)23/h2-7,10,12H,8-9,11H2,1H3. The normalized spacial score (nSPS) is 13.8. The molecule has 2 heterocycles. The summed E-state index contributed by atoms with van der Waals surface area (Å²) >= 11 is 1.69. The molecular formula is C19H17N3O4S. The molecule has 1 fully saturated rings. The summed E-state index contributed by atoms with van der Waals surface area (Å²) in [5.41, 5.74) is 2.36. The van der Waals surface area contributed by atoms with Crippen LogP contribution in [0.15, 0.2) is 47.8 Å². The molecule has 1 aromatic heterocycles. The van der Waals surface area contributed by atoms with E-state index < -0.39 is 11.0 Å². The van der Waals surface area contributed by atoms with Crippen LogP contribution in [0, 0.1) is 10.1 Å². The van der Waals surface area contributed by atoms with Gasteiger partial charge >= 0.3 is 6.09 Å². The maximum absolute atomic E-state index is 12.0. The van der Waals surface area contributed by atoms with Crippen molar-refractivity contribution in [3.05, 3.63) is 63.5 Å². The van der Waals surface area contributed by atoms with E-state index in [0.717, 1.165) is 5.69 Å². The maximum atomic E-state index is 12.0. The number of non-ortho nitro benzene ring substituents is 1. The zero-order chi connectivity index (χ0) is 19.0. The van der Waals surface area contributed by atoms with Crippen LogP contribution in [0.3, 0.4) is 0 Å². The first-order valence-electron chi connectivity index (χ1n) is 8.43. The monoisotopic (exact) mass is 383 g/mol. The van der Waals surface area contributed by atoms with E-state index in [4.69, 9.17) is 4.74 Å². The summed E-state index contributed by atoms with van der Waals surface area (Å²) in [5, 5.41) is 14.5. The number of ether oxygens (including phenoxy) is 1. The molecule has 1 saturated heterocycles. The van der Waals surface area contributed by atoms with Crippen LogP contribution in [-0.4, -0.2) is 31.2 Å². The first-order valence-corrected chi connectivity index (χ1v) is 9.31. The molecule has 0 saturated carbocycles. The van der Waals surface area contributed by atoms with Gasteiger partial charge in [-0.2, -0.15) is 0 Å². The Morgan fingerprint density at radius 1 is 1.30 bits per heavy atom. The van der Waals surface area contributed by atoms with Gasteiger partial charge in [-0.3, -0.25) is 15.0 Å². The number of carbonyl (C=O) groups excluding carboxylic acids is 1. The van der Waals surface area contributed by atoms with Crippen LogP contribution < -0.4 is 9.80 Å². The quantitative estimate of drug-likeness (QED) is 0.482. The highest BCUT2D eigenvalue weighted by Gasteiger charge is 2.28. The van der Waals surface area contributed by atoms with E-state index in [1.165, 1.54) is 32.7 Å². The Labute approximate surface area is 159 Å². The average Bonchev–Trinajstić information content (AvgIpc) is 3.27. The molecule has 0 spiro atoms. The lowest BCUT2D eigenvalue weighted by Crippen LogP contribution is -2.27. The molecule has 3 aromatic rings. The van der Waals surface area contributed by atoms with Crippen LogP contribution >= 0.6 is 11.3 Å². The van der Waals surface area contributed by atoms with Gasteiger partial charge in [0, 0.05) is 30.4 Å². The molecule has 0 radical (unpaired) electrons. The van der Waals surface area contributed by atoms with Crippen molar-refractivity contribution in [1.82, 2.24) is 0 Å². The number of benzene rings is 2. The van der Waals surface area contributed by atoms with E-state index in [0.29, 0.717) is 18.8 Å². The van der Waals surface area contributed by atoms with Crippen LogP contribution in [0.25, 0.3) is 10.1 Å². The molecule has 0 aliphatic carbocycles. The van der Waals surface area contributed by atoms with Crippen molar-refractivity contribution in [3.8, 4) is 0 Å². The minimum absolute atomic E-state index is 0.0529. The van der Waals surface area contributed by atoms with E-state index >= 15 is 0 Å². The molecule has 0 unspecified atom stereocenters. The van der Waals surface area contributed by atoms with Crippen LogP contribution in [0.1, 0.15) is 5.56 Å². The third kappa shape index (κ3) is 3.19. The molecule has 27 heavy (non-hydrogen) atoms. The Bertz CT molecular complexity index is 1030. The third-order valence-electron chi connectivity index (χ3n) is 4.60. The first-order chi connectivity index (χ1) is 13.0. The molecular weight excluding hydrogens is 366 g/mol. The number of nitrogens with zero attached hydrogens (tertiary/aromatic N) is 3. The van der Waals surface area contributed by atoms with Gasteiger partial charge in [-0.05, 0) is 28.5 Å². The fourth-order valence-electron chi connectivity index (χ4n) is 3.27. The molecule has 1 amide bonds. The van der Waals surface area contributed by atoms with Crippen molar-refractivity contribution in [2.45, 2.75) is 6.54 Å². The Morgan fingerprint density at radius 3 is 2.85 bits per heavy atom. The van der Waals surface area contributed by atoms with E-state index in [1.54, 1.807) is 17.4 Å². The highest BCUT2D eigenvalue weighted by Crippen LogP contribution is 2.36. The Hall–Kier alpha value is -3.13. The molecule has 0 atom stereocenters. The lowest BCUT2D eigenvalue weighted by Gasteiger charge is -2.25. The SMILES string of the molecule is CN(Cc1csc2ccccc12)c1ccc([N+](=O)[O-])cc1N1CCOC1=O. The second-order valence-electron chi connectivity index (χ2n) is 6.31. The minimum atomic E-state index is -0.480. The molecule has 0 bridgehead atoms. The molecule has 7 nitrogen and oxygen atoms in total. The lowest BCUT2D eigenvalue weighted by molar-refractivity contribution is -0.384. The van der Waals surface area contributed by atoms with Gasteiger partial charge in [-0.1, -0.05) is 18.2 Å². The number of cyclic esters (lactones) is 1. The van der Waals surface area contributed by atoms with Crippen molar-refractivity contribution in [2.75, 3.05) is 30.0 Å². The fourth-order valence-corrected chi connectivity index (χ4v) is 4.23. The molecule has 1 aliphatic rings. The van der Waals surface area contributed by atoms with E-state index in [2.05, 4.69) is 17.5 Å². The van der Waals surface area contributed by atoms with Crippen molar-refractivity contribution < 1.29 is 14.5 Å². The predicted octanol–water partition coefficient (Wildman–Crippen LogP) is 4.40. The second kappa shape index (κ2) is 6.88. The number of rotatable bonds is 5. The van der Waals surface area contributed by atoms with Crippen LogP contribution in [0.5, 0.6) is 0 Å². The molecule has 1 aliphatic heterocycles. The van der Waals surface area contributed by atoms with E-state index in [9.17, 15) is 14.9 Å². The summed E-state index contributed by atoms with van der Waals surface area (Å²) in [4.78, 5) is 26.2. The van der Waals surface area contributed by atoms with Crippen molar-refractivity contribution in [2.24, 2.45) is 0 Å². The highest BCUT2D eigenvalue weighted by molar-refractivity contribution is 7.17. The molecule has 2 aromatic carbocycles. The van der Waals surface area contributed by atoms with Crippen LogP contribution in [0.4, 0.5) is 21.9 Å². The summed E-state index contributed by atoms with van der Waals surface area (Å²) in [7, 11) is 1.92. The number of carbonyl (C=O) groups is 1. The van der Waals surface area contributed by atoms with Gasteiger partial charge in [0.1, 0.15) is 6.61 Å². The summed E-state index contributed by atoms with van der Waals surface area (Å²) in [6.07, 6.45) is -0.480. The number of thiophene rings is 1. The smallest absolute Gasteiger partial charge is 0.414 e. The molecule has 138 valence electrons. The summed E-state index contributed by atoms with van der Waals surface area (Å²) in [6.45, 7) is 1.28. The van der Waals surface area contributed by atoms with Gasteiger partial charge in [0.15, 0.2) is 0 Å². The van der Waals surface area contributed by atoms with Gasteiger partial charge in [0.05, 0.1) is 22.8 Å². The maximum Gasteiger partial charge on any atom is 0.414 e. The van der Waals surface area contributed by atoms with Crippen LogP contribution in [-0.2, 0) is 11.3 Å². The number of amides is 1. The number of nitro groups is 1. The number of nitro benzene ring substituents is 1. The molecule has 4 rings (SSSR count). The molecule has 0 N–H and O–H groups in total. The number of hydrogen-bond donors (Lipinski definition) is 0. The minimum Gasteiger partial charge on any atom is -0.447 e. The van der Waals surface area contributed by atoms with Crippen molar-refractivity contribution in [3.63, 3.8) is 0 Å². The Morgan fingerprint density at radius 2 is 2.11 bits per heavy atom. The van der Waals surface area contributed by atoms with E-state index in [1.807, 2.05) is 24.1 Å². The fraction of sp³-hybridized carbons (Fsp3) is 0.211. The third-order valence-corrected chi connectivity index (χ3v) is 5.61. The van der Waals surface area contributed by atoms with E-state index in [-0.39, 0.29) is 12.3 Å². The Kier molecular flexibility index (Phi) is 4.41. The average molecular weight is 383 g/mol. The lowest BCUT2D eigenvalue weighted by atomic mass is 10.1. The van der Waals surface area contributed by atoms with Gasteiger partial charge in [0.25, 0.3) is 5.69 Å². The second-order valence-corrected chi connectivity index (χ2v) is 7.22. The van der Waals surface area contributed by atoms with Gasteiger partial charge in [-0.25, -0.2) is 4.79 Å². The summed E-state index contributed by atoms with van der Waals surface area (Å²) in [5.74, 6) is 0. The van der Waals surface area contributed by atoms with Gasteiger partial charge in [0.2, 0.25) is 0 Å². The zero-order valence-electron chi connectivity index (χ0n) is 14.6. The largest absolute Gasteiger partial charge is 0.447 e. The van der Waals surface area contributed by atoms with Gasteiger partial charge in [-0.15, -0.1) is 11.3 Å². The Balaban J connectivity index is 1.71. The zero-order valence-corrected chi connectivity index (χ0v) is 15.4. The van der Waals surface area contributed by atoms with Crippen molar-refractivity contribution >= 4 is 44.6 Å². The topological polar surface area (TPSA) is 75.9 Å². The summed E-state index contributed by atoms with van der Waals surface area (Å²) in [6, 6.07) is 12.8. The van der Waals surface area contributed by atoms with Crippen molar-refractivity contribution in [1.29, 1.82) is 0 Å². The summed E-state index contributed by atoms with van der Waals surface area (Å²) < 4.78 is 6.23. The van der Waals surface area contributed by atoms with Gasteiger partial charge < -0.3 is 9.64 Å². The molecule has 8 heteroatoms. The number of anilines is 2. The number of fused-ring (bicyclic) bond motifs is 1.